The maximum absolute atomic E-state index is 12.2. The monoisotopic (exact) mass is 364 g/mol. The molecule has 0 aliphatic heterocycles. The molecule has 0 aromatic carbocycles. The summed E-state index contributed by atoms with van der Waals surface area (Å²) in [7, 11) is 1.27. The van der Waals surface area contributed by atoms with Gasteiger partial charge in [-0.2, -0.15) is 0 Å². The van der Waals surface area contributed by atoms with E-state index < -0.39 is 24.5 Å². The van der Waals surface area contributed by atoms with Gasteiger partial charge >= 0.3 is 11.9 Å². The highest BCUT2D eigenvalue weighted by Crippen LogP contribution is 2.20. The molecule has 1 amide bonds. The number of carbonyl (C=O) groups is 3. The molecule has 7 nitrogen and oxygen atoms in total. The normalized spacial score (nSPS) is 11.7. The average molecular weight is 364 g/mol. The van der Waals surface area contributed by atoms with Crippen LogP contribution in [0.25, 0.3) is 0 Å². The highest BCUT2D eigenvalue weighted by molar-refractivity contribution is 7.10. The van der Waals surface area contributed by atoms with Gasteiger partial charge in [-0.15, -0.1) is 11.3 Å². The Kier molecular flexibility index (Phi) is 5.97. The maximum atomic E-state index is 12.2. The van der Waals surface area contributed by atoms with E-state index in [1.165, 1.54) is 18.4 Å². The smallest absolute Gasteiger partial charge is 0.355 e. The summed E-state index contributed by atoms with van der Waals surface area (Å²) in [5.74, 6) is -1.63. The van der Waals surface area contributed by atoms with Gasteiger partial charge in [-0.25, -0.2) is 9.59 Å². The van der Waals surface area contributed by atoms with Gasteiger partial charge in [-0.3, -0.25) is 4.79 Å². The van der Waals surface area contributed by atoms with Crippen LogP contribution in [-0.2, 0) is 14.3 Å². The molecule has 8 heteroatoms. The number of H-pyrrole nitrogens is 1. The lowest BCUT2D eigenvalue weighted by atomic mass is 10.1. The van der Waals surface area contributed by atoms with Crippen molar-refractivity contribution in [2.75, 3.05) is 13.7 Å². The molecule has 0 aliphatic carbocycles. The van der Waals surface area contributed by atoms with Crippen LogP contribution >= 0.6 is 11.3 Å². The second-order valence-corrected chi connectivity index (χ2v) is 6.48. The fourth-order valence-corrected chi connectivity index (χ4v) is 3.19. The Labute approximate surface area is 149 Å². The molecule has 2 aromatic rings. The van der Waals surface area contributed by atoms with Gasteiger partial charge in [0.2, 0.25) is 0 Å². The van der Waals surface area contributed by atoms with E-state index in [0.717, 1.165) is 4.88 Å². The van der Waals surface area contributed by atoms with Crippen molar-refractivity contribution < 1.29 is 23.9 Å². The Balaban J connectivity index is 1.96. The largest absolute Gasteiger partial charge is 0.465 e. The van der Waals surface area contributed by atoms with Crippen LogP contribution in [0, 0.1) is 13.8 Å². The van der Waals surface area contributed by atoms with Crippen LogP contribution in [-0.4, -0.2) is 36.5 Å². The zero-order valence-electron chi connectivity index (χ0n) is 14.5. The lowest BCUT2D eigenvalue weighted by Gasteiger charge is -2.12. The highest BCUT2D eigenvalue weighted by atomic mass is 32.1. The molecular weight excluding hydrogens is 344 g/mol. The van der Waals surface area contributed by atoms with E-state index in [1.807, 2.05) is 24.4 Å². The number of carbonyl (C=O) groups excluding carboxylic acids is 3. The summed E-state index contributed by atoms with van der Waals surface area (Å²) in [5.41, 5.74) is 1.37. The van der Waals surface area contributed by atoms with Crippen molar-refractivity contribution in [3.63, 3.8) is 0 Å². The third-order valence-electron chi connectivity index (χ3n) is 3.71. The Bertz CT molecular complexity index is 779. The molecule has 0 bridgehead atoms. The van der Waals surface area contributed by atoms with E-state index in [-0.39, 0.29) is 11.7 Å². The van der Waals surface area contributed by atoms with Gasteiger partial charge in [-0.1, -0.05) is 6.07 Å². The molecule has 1 atom stereocenters. The zero-order chi connectivity index (χ0) is 18.6. The van der Waals surface area contributed by atoms with Gasteiger partial charge in [0.25, 0.3) is 5.91 Å². The number of aromatic amines is 1. The zero-order valence-corrected chi connectivity index (χ0v) is 15.3. The van der Waals surface area contributed by atoms with Crippen molar-refractivity contribution in [3.05, 3.63) is 44.9 Å². The van der Waals surface area contributed by atoms with Crippen LogP contribution in [0.4, 0.5) is 0 Å². The first-order valence-corrected chi connectivity index (χ1v) is 8.50. The number of aromatic nitrogens is 1. The van der Waals surface area contributed by atoms with Gasteiger partial charge < -0.3 is 19.8 Å². The van der Waals surface area contributed by atoms with E-state index in [1.54, 1.807) is 13.8 Å². The summed E-state index contributed by atoms with van der Waals surface area (Å²) in [4.78, 5) is 39.7. The Morgan fingerprint density at radius 1 is 1.28 bits per heavy atom. The van der Waals surface area contributed by atoms with Crippen LogP contribution in [0.1, 0.15) is 49.9 Å². The fourth-order valence-electron chi connectivity index (χ4n) is 2.46. The van der Waals surface area contributed by atoms with Crippen molar-refractivity contribution >= 4 is 29.2 Å². The third kappa shape index (κ3) is 4.27. The number of hydrogen-bond acceptors (Lipinski definition) is 6. The lowest BCUT2D eigenvalue weighted by molar-refractivity contribution is -0.124. The van der Waals surface area contributed by atoms with E-state index in [0.29, 0.717) is 16.8 Å². The first kappa shape index (κ1) is 18.7. The predicted octanol–water partition coefficient (Wildman–Crippen LogP) is 2.51. The van der Waals surface area contributed by atoms with Crippen LogP contribution < -0.4 is 5.32 Å². The number of amides is 1. The summed E-state index contributed by atoms with van der Waals surface area (Å²) in [6, 6.07) is 3.66. The number of rotatable bonds is 6. The molecule has 0 aliphatic rings. The van der Waals surface area contributed by atoms with Crippen molar-refractivity contribution in [1.29, 1.82) is 0 Å². The average Bonchev–Trinajstić information content (AvgIpc) is 3.20. The van der Waals surface area contributed by atoms with Crippen molar-refractivity contribution in [3.8, 4) is 0 Å². The molecule has 2 rings (SSSR count). The molecular formula is C17H20N2O5S. The summed E-state index contributed by atoms with van der Waals surface area (Å²) in [5, 5.41) is 4.68. The highest BCUT2D eigenvalue weighted by Gasteiger charge is 2.24. The van der Waals surface area contributed by atoms with Gasteiger partial charge in [0.15, 0.2) is 6.61 Å². The van der Waals surface area contributed by atoms with Crippen LogP contribution in [0.5, 0.6) is 0 Å². The van der Waals surface area contributed by atoms with Crippen molar-refractivity contribution in [1.82, 2.24) is 10.3 Å². The SMILES string of the molecule is COC(=O)c1c(C)[nH]c(C(=O)OCC(=O)NC(C)c2cccs2)c1C. The van der Waals surface area contributed by atoms with E-state index in [9.17, 15) is 14.4 Å². The number of ether oxygens (including phenoxy) is 2. The van der Waals surface area contributed by atoms with Gasteiger partial charge in [0, 0.05) is 10.6 Å². The first-order valence-electron chi connectivity index (χ1n) is 7.62. The molecule has 0 spiro atoms. The number of methoxy groups -OCH3 is 1. The maximum Gasteiger partial charge on any atom is 0.355 e. The van der Waals surface area contributed by atoms with Gasteiger partial charge in [0.05, 0.1) is 18.7 Å². The summed E-state index contributed by atoms with van der Waals surface area (Å²) in [6.07, 6.45) is 0. The third-order valence-corrected chi connectivity index (χ3v) is 4.77. The predicted molar refractivity (Wildman–Crippen MR) is 92.8 cm³/mol. The molecule has 2 N–H and O–H groups in total. The molecule has 25 heavy (non-hydrogen) atoms. The lowest BCUT2D eigenvalue weighted by Crippen LogP contribution is -2.30. The van der Waals surface area contributed by atoms with Crippen LogP contribution in [0.3, 0.4) is 0 Å². The number of hydrogen-bond donors (Lipinski definition) is 2. The fraction of sp³-hybridized carbons (Fsp3) is 0.353. The summed E-state index contributed by atoms with van der Waals surface area (Å²) in [6.45, 7) is 4.73. The van der Waals surface area contributed by atoms with Gasteiger partial charge in [0.1, 0.15) is 5.69 Å². The molecule has 0 saturated heterocycles. The van der Waals surface area contributed by atoms with Crippen molar-refractivity contribution in [2.24, 2.45) is 0 Å². The van der Waals surface area contributed by atoms with E-state index >= 15 is 0 Å². The number of nitrogens with one attached hydrogen (secondary N) is 2. The Hall–Kier alpha value is -2.61. The first-order chi connectivity index (χ1) is 11.8. The minimum atomic E-state index is -0.699. The second kappa shape index (κ2) is 7.98. The topological polar surface area (TPSA) is 97.5 Å². The molecule has 0 radical (unpaired) electrons. The molecule has 2 aromatic heterocycles. The molecule has 0 saturated carbocycles. The van der Waals surface area contributed by atoms with Gasteiger partial charge in [-0.05, 0) is 37.8 Å². The van der Waals surface area contributed by atoms with E-state index in [4.69, 9.17) is 9.47 Å². The molecule has 0 fully saturated rings. The molecule has 1 unspecified atom stereocenters. The van der Waals surface area contributed by atoms with Crippen molar-refractivity contribution in [2.45, 2.75) is 26.8 Å². The quantitative estimate of drug-likeness (QED) is 0.768. The van der Waals surface area contributed by atoms with E-state index in [2.05, 4.69) is 10.3 Å². The molecule has 134 valence electrons. The standard InChI is InChI=1S/C17H20N2O5S/c1-9-14(16(21)23-4)11(3)19-15(9)17(22)24-8-13(20)18-10(2)12-6-5-7-25-12/h5-7,10,19H,8H2,1-4H3,(H,18,20). The minimum absolute atomic E-state index is 0.136. The molecule has 2 heterocycles. The minimum Gasteiger partial charge on any atom is -0.465 e. The number of thiophene rings is 1. The van der Waals surface area contributed by atoms with Crippen LogP contribution in [0.15, 0.2) is 17.5 Å². The Morgan fingerprint density at radius 2 is 2.00 bits per heavy atom. The summed E-state index contributed by atoms with van der Waals surface area (Å²) >= 11 is 1.53. The second-order valence-electron chi connectivity index (χ2n) is 5.50. The number of esters is 2. The van der Waals surface area contributed by atoms with Crippen LogP contribution in [0.2, 0.25) is 0 Å². The Morgan fingerprint density at radius 3 is 2.60 bits per heavy atom. The summed E-state index contributed by atoms with van der Waals surface area (Å²) < 4.78 is 9.73. The number of aryl methyl sites for hydroxylation is 1.